The number of nitrogens with zero attached hydrogens (tertiary/aromatic N) is 2. The van der Waals surface area contributed by atoms with Crippen molar-refractivity contribution in [3.8, 4) is 11.4 Å². The number of benzene rings is 2. The van der Waals surface area contributed by atoms with Crippen LogP contribution in [0.4, 0.5) is 5.69 Å². The molecule has 122 valence electrons. The zero-order chi connectivity index (χ0) is 16.8. The fourth-order valence-corrected chi connectivity index (χ4v) is 2.90. The molecule has 5 nitrogen and oxygen atoms in total. The van der Waals surface area contributed by atoms with E-state index in [-0.39, 0.29) is 5.91 Å². The quantitative estimate of drug-likeness (QED) is 0.661. The molecule has 0 fully saturated rings. The predicted molar refractivity (Wildman–Crippen MR) is 98.7 cm³/mol. The van der Waals surface area contributed by atoms with Crippen LogP contribution >= 0.6 is 27.7 Å². The Kier molecular flexibility index (Phi) is 5.66. The molecule has 0 aliphatic rings. The lowest BCUT2D eigenvalue weighted by atomic mass is 10.2. The number of anilines is 1. The highest BCUT2D eigenvalue weighted by Crippen LogP contribution is 2.18. The van der Waals surface area contributed by atoms with Gasteiger partial charge in [-0.3, -0.25) is 4.79 Å². The molecule has 24 heavy (non-hydrogen) atoms. The number of hydrogen-bond acceptors (Lipinski definition) is 5. The van der Waals surface area contributed by atoms with Crippen molar-refractivity contribution in [1.29, 1.82) is 0 Å². The highest BCUT2D eigenvalue weighted by molar-refractivity contribution is 9.10. The first-order valence-corrected chi connectivity index (χ1v) is 9.16. The maximum absolute atomic E-state index is 11.9. The minimum absolute atomic E-state index is 0.0647. The third kappa shape index (κ3) is 4.69. The molecule has 1 N–H and O–H groups in total. The van der Waals surface area contributed by atoms with Gasteiger partial charge in [-0.05, 0) is 24.3 Å². The lowest BCUT2D eigenvalue weighted by Crippen LogP contribution is -2.14. The average Bonchev–Trinajstić information content (AvgIpc) is 3.07. The lowest BCUT2D eigenvalue weighted by Gasteiger charge is -2.04. The van der Waals surface area contributed by atoms with E-state index in [1.165, 1.54) is 11.8 Å². The smallest absolute Gasteiger partial charge is 0.236 e. The molecule has 0 saturated heterocycles. The van der Waals surface area contributed by atoms with Gasteiger partial charge >= 0.3 is 0 Å². The molecule has 0 saturated carbocycles. The Labute approximate surface area is 152 Å². The number of halogens is 1. The first-order valence-electron chi connectivity index (χ1n) is 7.22. The number of amides is 1. The molecule has 2 aromatic carbocycles. The Balaban J connectivity index is 1.47. The van der Waals surface area contributed by atoms with E-state index in [0.717, 1.165) is 15.7 Å². The van der Waals surface area contributed by atoms with Crippen LogP contribution in [0.2, 0.25) is 0 Å². The third-order valence-electron chi connectivity index (χ3n) is 3.09. The second kappa shape index (κ2) is 8.12. The molecule has 0 aliphatic heterocycles. The summed E-state index contributed by atoms with van der Waals surface area (Å²) in [5.41, 5.74) is 1.68. The van der Waals surface area contributed by atoms with Crippen molar-refractivity contribution in [3.63, 3.8) is 0 Å². The van der Waals surface area contributed by atoms with Crippen LogP contribution in [0.5, 0.6) is 0 Å². The number of rotatable bonds is 6. The van der Waals surface area contributed by atoms with Crippen LogP contribution in [0, 0.1) is 0 Å². The molecule has 0 atom stereocenters. The minimum Gasteiger partial charge on any atom is -0.338 e. The zero-order valence-corrected chi connectivity index (χ0v) is 15.0. The molecule has 3 rings (SSSR count). The van der Waals surface area contributed by atoms with E-state index in [1.54, 1.807) is 0 Å². The van der Waals surface area contributed by atoms with Gasteiger partial charge in [-0.15, -0.1) is 11.8 Å². The highest BCUT2D eigenvalue weighted by atomic mass is 79.9. The number of aromatic nitrogens is 2. The van der Waals surface area contributed by atoms with E-state index < -0.39 is 0 Å². The van der Waals surface area contributed by atoms with Crippen molar-refractivity contribution in [2.24, 2.45) is 0 Å². The number of nitrogens with one attached hydrogen (secondary N) is 1. The van der Waals surface area contributed by atoms with E-state index in [2.05, 4.69) is 31.4 Å². The Morgan fingerprint density at radius 2 is 1.88 bits per heavy atom. The van der Waals surface area contributed by atoms with Crippen LogP contribution in [0.25, 0.3) is 11.4 Å². The summed E-state index contributed by atoms with van der Waals surface area (Å²) in [5, 5.41) is 6.79. The second-order valence-electron chi connectivity index (χ2n) is 4.93. The zero-order valence-electron chi connectivity index (χ0n) is 12.6. The third-order valence-corrected chi connectivity index (χ3v) is 4.53. The largest absolute Gasteiger partial charge is 0.338 e. The standard InChI is InChI=1S/C17H14BrN3O2S/c18-13-6-8-14(9-7-13)19-15(22)10-24-11-16-20-17(21-23-16)12-4-2-1-3-5-12/h1-9H,10-11H2,(H,19,22). The monoisotopic (exact) mass is 403 g/mol. The number of hydrogen-bond donors (Lipinski definition) is 1. The Bertz CT molecular complexity index is 806. The molecular formula is C17H14BrN3O2S. The lowest BCUT2D eigenvalue weighted by molar-refractivity contribution is -0.113. The molecule has 0 spiro atoms. The molecule has 1 aromatic heterocycles. The van der Waals surface area contributed by atoms with E-state index in [9.17, 15) is 4.79 Å². The number of carbonyl (C=O) groups is 1. The van der Waals surface area contributed by atoms with Gasteiger partial charge in [0.15, 0.2) is 0 Å². The van der Waals surface area contributed by atoms with Crippen LogP contribution in [0.15, 0.2) is 63.6 Å². The van der Waals surface area contributed by atoms with Gasteiger partial charge in [0.25, 0.3) is 0 Å². The van der Waals surface area contributed by atoms with Crippen LogP contribution < -0.4 is 5.32 Å². The maximum atomic E-state index is 11.9. The van der Waals surface area contributed by atoms with Crippen LogP contribution in [-0.4, -0.2) is 21.8 Å². The van der Waals surface area contributed by atoms with Gasteiger partial charge in [-0.25, -0.2) is 0 Å². The van der Waals surface area contributed by atoms with Gasteiger partial charge in [0, 0.05) is 15.7 Å². The number of carbonyl (C=O) groups excluding carboxylic acids is 1. The van der Waals surface area contributed by atoms with Crippen LogP contribution in [0.1, 0.15) is 5.89 Å². The van der Waals surface area contributed by atoms with Crippen LogP contribution in [-0.2, 0) is 10.5 Å². The van der Waals surface area contributed by atoms with E-state index in [0.29, 0.717) is 23.2 Å². The number of thioether (sulfide) groups is 1. The van der Waals surface area contributed by atoms with Crippen molar-refractivity contribution in [2.45, 2.75) is 5.75 Å². The normalized spacial score (nSPS) is 10.5. The van der Waals surface area contributed by atoms with Crippen molar-refractivity contribution in [3.05, 3.63) is 65.0 Å². The summed E-state index contributed by atoms with van der Waals surface area (Å²) in [6, 6.07) is 17.1. The molecule has 7 heteroatoms. The molecular weight excluding hydrogens is 390 g/mol. The Morgan fingerprint density at radius 3 is 2.62 bits per heavy atom. The van der Waals surface area contributed by atoms with Crippen LogP contribution in [0.3, 0.4) is 0 Å². The van der Waals surface area contributed by atoms with Gasteiger partial charge < -0.3 is 9.84 Å². The minimum atomic E-state index is -0.0647. The van der Waals surface area contributed by atoms with E-state index in [4.69, 9.17) is 4.52 Å². The highest BCUT2D eigenvalue weighted by Gasteiger charge is 2.09. The SMILES string of the molecule is O=C(CSCc1nc(-c2ccccc2)no1)Nc1ccc(Br)cc1. The summed E-state index contributed by atoms with van der Waals surface area (Å²) in [6.07, 6.45) is 0. The average molecular weight is 404 g/mol. The summed E-state index contributed by atoms with van der Waals surface area (Å²) >= 11 is 4.79. The van der Waals surface area contributed by atoms with Crippen molar-refractivity contribution < 1.29 is 9.32 Å². The second-order valence-corrected chi connectivity index (χ2v) is 6.83. The maximum Gasteiger partial charge on any atom is 0.236 e. The first kappa shape index (κ1) is 16.7. The molecule has 0 unspecified atom stereocenters. The Hall–Kier alpha value is -2.12. The summed E-state index contributed by atoms with van der Waals surface area (Å²) in [5.74, 6) is 1.82. The molecule has 3 aromatic rings. The first-order chi connectivity index (χ1) is 11.7. The van der Waals surface area contributed by atoms with Gasteiger partial charge in [0.1, 0.15) is 0 Å². The molecule has 0 radical (unpaired) electrons. The van der Waals surface area contributed by atoms with E-state index in [1.807, 2.05) is 54.6 Å². The molecule has 1 heterocycles. The molecule has 1 amide bonds. The van der Waals surface area contributed by atoms with E-state index >= 15 is 0 Å². The summed E-state index contributed by atoms with van der Waals surface area (Å²) in [4.78, 5) is 16.2. The fourth-order valence-electron chi connectivity index (χ4n) is 1.98. The van der Waals surface area contributed by atoms with Crippen molar-refractivity contribution in [1.82, 2.24) is 10.1 Å². The van der Waals surface area contributed by atoms with Gasteiger partial charge in [0.05, 0.1) is 11.5 Å². The van der Waals surface area contributed by atoms with Gasteiger partial charge in [0.2, 0.25) is 17.6 Å². The predicted octanol–water partition coefficient (Wildman–Crippen LogP) is 4.37. The van der Waals surface area contributed by atoms with Gasteiger partial charge in [-0.2, -0.15) is 4.98 Å². The molecule has 0 bridgehead atoms. The fraction of sp³-hybridized carbons (Fsp3) is 0.118. The summed E-state index contributed by atoms with van der Waals surface area (Å²) in [7, 11) is 0. The Morgan fingerprint density at radius 1 is 1.12 bits per heavy atom. The van der Waals surface area contributed by atoms with Gasteiger partial charge in [-0.1, -0.05) is 51.4 Å². The van der Waals surface area contributed by atoms with Crippen molar-refractivity contribution >= 4 is 39.3 Å². The summed E-state index contributed by atoms with van der Waals surface area (Å²) in [6.45, 7) is 0. The molecule has 0 aliphatic carbocycles. The summed E-state index contributed by atoms with van der Waals surface area (Å²) < 4.78 is 6.19. The topological polar surface area (TPSA) is 68.0 Å². The van der Waals surface area contributed by atoms with Crippen molar-refractivity contribution in [2.75, 3.05) is 11.1 Å².